The van der Waals surface area contributed by atoms with Gasteiger partial charge in [-0.05, 0) is 31.0 Å². The van der Waals surface area contributed by atoms with Gasteiger partial charge in [-0.15, -0.1) is 0 Å². The summed E-state index contributed by atoms with van der Waals surface area (Å²) in [4.78, 5) is 28.4. The molecule has 5 aliphatic rings. The lowest BCUT2D eigenvalue weighted by molar-refractivity contribution is -0.165. The lowest BCUT2D eigenvalue weighted by atomic mass is 9.79. The number of rotatable bonds is 2. The van der Waals surface area contributed by atoms with E-state index in [0.29, 0.717) is 24.3 Å². The van der Waals surface area contributed by atoms with Crippen molar-refractivity contribution in [3.63, 3.8) is 0 Å². The van der Waals surface area contributed by atoms with Crippen LogP contribution in [0.2, 0.25) is 0 Å². The predicted molar refractivity (Wildman–Crippen MR) is 104 cm³/mol. The molecule has 4 atom stereocenters. The maximum atomic E-state index is 13.7. The summed E-state index contributed by atoms with van der Waals surface area (Å²) in [6.07, 6.45) is 0.803. The highest BCUT2D eigenvalue weighted by molar-refractivity contribution is 8.78. The molecule has 6 rings (SSSR count). The van der Waals surface area contributed by atoms with Gasteiger partial charge in [0.2, 0.25) is 6.79 Å². The molecular weight excluding hydrogens is 398 g/mol. The lowest BCUT2D eigenvalue weighted by Gasteiger charge is -2.58. The topological polar surface area (TPSA) is 82.9 Å². The second kappa shape index (κ2) is 5.51. The fourth-order valence-corrected chi connectivity index (χ4v) is 8.83. The van der Waals surface area contributed by atoms with E-state index in [4.69, 9.17) is 9.47 Å². The molecular formula is C19H19N3O4S2. The zero-order valence-corrected chi connectivity index (χ0v) is 17.4. The molecule has 1 unspecified atom stereocenters. The Balaban J connectivity index is 1.71. The van der Waals surface area contributed by atoms with Crippen LogP contribution in [0.5, 0.6) is 11.5 Å². The number of nitriles is 1. The van der Waals surface area contributed by atoms with Crippen molar-refractivity contribution in [1.29, 1.82) is 5.26 Å². The fraction of sp³-hybridized carbons (Fsp3) is 0.526. The molecule has 0 aromatic heterocycles. The van der Waals surface area contributed by atoms with Gasteiger partial charge >= 0.3 is 0 Å². The highest BCUT2D eigenvalue weighted by atomic mass is 33.1. The highest BCUT2D eigenvalue weighted by Crippen LogP contribution is 2.70. The lowest BCUT2D eigenvalue weighted by Crippen LogP contribution is -2.74. The average Bonchev–Trinajstić information content (AvgIpc) is 3.27. The first-order valence-electron chi connectivity index (χ1n) is 9.13. The van der Waals surface area contributed by atoms with Crippen LogP contribution in [-0.2, 0) is 9.59 Å². The van der Waals surface area contributed by atoms with E-state index in [0.717, 1.165) is 5.56 Å². The van der Waals surface area contributed by atoms with Crippen molar-refractivity contribution in [2.24, 2.45) is 5.41 Å². The second-order valence-corrected chi connectivity index (χ2v) is 10.5. The quantitative estimate of drug-likeness (QED) is 0.684. The minimum atomic E-state index is -1.06. The summed E-state index contributed by atoms with van der Waals surface area (Å²) < 4.78 is 10.9. The first kappa shape index (κ1) is 18.0. The summed E-state index contributed by atoms with van der Waals surface area (Å²) >= 11 is 0. The second-order valence-electron chi connectivity index (χ2n) is 7.85. The zero-order valence-electron chi connectivity index (χ0n) is 15.7. The molecule has 5 aliphatic heterocycles. The molecule has 4 saturated heterocycles. The molecule has 146 valence electrons. The van der Waals surface area contributed by atoms with Gasteiger partial charge in [0.1, 0.15) is 0 Å². The third-order valence-electron chi connectivity index (χ3n) is 6.36. The number of likely N-dealkylation sites (N-methyl/N-ethyl adjacent to an activating group) is 1. The zero-order chi connectivity index (χ0) is 19.9. The smallest absolute Gasteiger partial charge is 0.262 e. The normalized spacial score (nSPS) is 38.0. The van der Waals surface area contributed by atoms with Crippen LogP contribution in [0.1, 0.15) is 38.3 Å². The molecule has 9 heteroatoms. The Bertz CT molecular complexity index is 965. The van der Waals surface area contributed by atoms with Gasteiger partial charge < -0.3 is 19.3 Å². The molecule has 4 fully saturated rings. The Kier molecular flexibility index (Phi) is 3.55. The summed E-state index contributed by atoms with van der Waals surface area (Å²) in [5, 5.41) is 10.1. The van der Waals surface area contributed by atoms with Gasteiger partial charge in [-0.1, -0.05) is 34.6 Å². The summed E-state index contributed by atoms with van der Waals surface area (Å²) in [6, 6.07) is 7.39. The van der Waals surface area contributed by atoms with E-state index in [2.05, 4.69) is 6.07 Å². The van der Waals surface area contributed by atoms with E-state index in [1.54, 1.807) is 22.9 Å². The molecule has 0 radical (unpaired) electrons. The third kappa shape index (κ3) is 1.88. The van der Waals surface area contributed by atoms with Crippen molar-refractivity contribution >= 4 is 33.4 Å². The van der Waals surface area contributed by atoms with Crippen molar-refractivity contribution in [3.05, 3.63) is 23.8 Å². The monoisotopic (exact) mass is 417 g/mol. The Labute approximate surface area is 170 Å². The van der Waals surface area contributed by atoms with E-state index < -0.39 is 21.2 Å². The summed E-state index contributed by atoms with van der Waals surface area (Å²) in [5.41, 5.74) is -0.111. The number of fused-ring (bicyclic) bond motifs is 3. The Morgan fingerprint density at radius 1 is 1.25 bits per heavy atom. The maximum absolute atomic E-state index is 13.7. The average molecular weight is 418 g/mol. The van der Waals surface area contributed by atoms with Gasteiger partial charge in [0.05, 0.1) is 17.5 Å². The number of hydrogen-bond acceptors (Lipinski definition) is 7. The van der Waals surface area contributed by atoms with Crippen LogP contribution in [0.3, 0.4) is 0 Å². The molecule has 0 saturated carbocycles. The van der Waals surface area contributed by atoms with Crippen molar-refractivity contribution in [3.8, 4) is 17.6 Å². The molecule has 7 nitrogen and oxygen atoms in total. The van der Waals surface area contributed by atoms with Crippen LogP contribution >= 0.6 is 21.6 Å². The Hall–Kier alpha value is -2.05. The van der Waals surface area contributed by atoms with E-state index in [1.807, 2.05) is 26.0 Å². The highest BCUT2D eigenvalue weighted by Gasteiger charge is 2.75. The van der Waals surface area contributed by atoms with Gasteiger partial charge in [0, 0.05) is 13.5 Å². The van der Waals surface area contributed by atoms with Crippen LogP contribution in [0.4, 0.5) is 0 Å². The Morgan fingerprint density at radius 2 is 2.00 bits per heavy atom. The van der Waals surface area contributed by atoms with E-state index >= 15 is 0 Å². The molecule has 0 N–H and O–H groups in total. The molecule has 28 heavy (non-hydrogen) atoms. The van der Waals surface area contributed by atoms with Gasteiger partial charge in [0.25, 0.3) is 11.8 Å². The van der Waals surface area contributed by atoms with Crippen LogP contribution in [0, 0.1) is 16.7 Å². The van der Waals surface area contributed by atoms with Crippen molar-refractivity contribution < 1.29 is 19.1 Å². The number of amides is 2. The standard InChI is InChI=1S/C19H19N3O4S2/c1-4-18-16(24)22-14(11-5-6-12-13(7-11)26-10-25-12)17(2,9-20)8-19(22,28-27-18)15(23)21(18)3/h5-7,14H,4,8,10H2,1-3H3/t14-,17+,18?,19-/m0/s1. The summed E-state index contributed by atoms with van der Waals surface area (Å²) in [7, 11) is 4.59. The van der Waals surface area contributed by atoms with Crippen LogP contribution in [-0.4, -0.2) is 45.2 Å². The molecule has 1 aromatic rings. The molecule has 1 aromatic carbocycles. The Morgan fingerprint density at radius 3 is 2.71 bits per heavy atom. The van der Waals surface area contributed by atoms with Gasteiger partial charge in [-0.2, -0.15) is 5.26 Å². The molecule has 1 spiro atoms. The van der Waals surface area contributed by atoms with Crippen LogP contribution in [0.25, 0.3) is 0 Å². The number of piperazine rings is 1. The number of carbonyl (C=O) groups excluding carboxylic acids is 2. The largest absolute Gasteiger partial charge is 0.454 e. The number of nitrogens with zero attached hydrogens (tertiary/aromatic N) is 3. The first-order chi connectivity index (χ1) is 13.3. The van der Waals surface area contributed by atoms with Crippen molar-refractivity contribution in [2.45, 2.75) is 42.5 Å². The molecule has 0 aliphatic carbocycles. The van der Waals surface area contributed by atoms with Crippen molar-refractivity contribution in [2.75, 3.05) is 13.8 Å². The number of benzene rings is 1. The number of hydrogen-bond donors (Lipinski definition) is 0. The van der Waals surface area contributed by atoms with Crippen LogP contribution in [0.15, 0.2) is 18.2 Å². The van der Waals surface area contributed by atoms with E-state index in [9.17, 15) is 14.9 Å². The molecule has 2 bridgehead atoms. The van der Waals surface area contributed by atoms with Gasteiger partial charge in [-0.3, -0.25) is 9.59 Å². The van der Waals surface area contributed by atoms with Crippen LogP contribution < -0.4 is 9.47 Å². The first-order valence-corrected chi connectivity index (χ1v) is 11.3. The summed E-state index contributed by atoms with van der Waals surface area (Å²) in [5.74, 6) is 1.06. The minimum absolute atomic E-state index is 0.0949. The van der Waals surface area contributed by atoms with Gasteiger partial charge in [0.15, 0.2) is 21.2 Å². The third-order valence-corrected chi connectivity index (χ3v) is 10.1. The SMILES string of the molecule is CCC12SS[C@@]3(C[C@](C)(C#N)[C@H](c4ccc5c(c4)OCO5)N3C1=O)C(=O)N2C. The minimum Gasteiger partial charge on any atom is -0.454 e. The van der Waals surface area contributed by atoms with E-state index in [1.165, 1.54) is 21.6 Å². The van der Waals surface area contributed by atoms with Crippen molar-refractivity contribution in [1.82, 2.24) is 9.80 Å². The number of carbonyl (C=O) groups is 2. The maximum Gasteiger partial charge on any atom is 0.262 e. The van der Waals surface area contributed by atoms with E-state index in [-0.39, 0.29) is 18.6 Å². The van der Waals surface area contributed by atoms with Gasteiger partial charge in [-0.25, -0.2) is 0 Å². The number of ether oxygens (including phenoxy) is 2. The molecule has 2 amide bonds. The predicted octanol–water partition coefficient (Wildman–Crippen LogP) is 2.89. The summed E-state index contributed by atoms with van der Waals surface area (Å²) in [6.45, 7) is 3.91. The molecule has 5 heterocycles. The fourth-order valence-electron chi connectivity index (χ4n) is 4.87.